The van der Waals surface area contributed by atoms with Crippen molar-refractivity contribution < 1.29 is 0 Å². The van der Waals surface area contributed by atoms with Gasteiger partial charge in [0.25, 0.3) is 0 Å². The van der Waals surface area contributed by atoms with E-state index in [-0.39, 0.29) is 17.0 Å². The molecule has 0 aliphatic heterocycles. The lowest BCUT2D eigenvalue weighted by molar-refractivity contribution is 0.894. The molecule has 6 nitrogen and oxygen atoms in total. The second-order valence-corrected chi connectivity index (χ2v) is 5.45. The molecule has 0 radical (unpaired) electrons. The summed E-state index contributed by atoms with van der Waals surface area (Å²) >= 11 is 7.07. The molecule has 0 fully saturated rings. The Labute approximate surface area is 128 Å². The zero-order chi connectivity index (χ0) is 14.8. The first-order valence-corrected chi connectivity index (χ1v) is 7.29. The third-order valence-corrected chi connectivity index (χ3v) is 3.87. The first-order valence-electron chi connectivity index (χ1n) is 5.93. The molecular formula is C13H8ClN5OS. The SMILES string of the molecule is N#CCSc1nnc2c(=O)n(-c3ccc(Cl)cc3)ccn12. The van der Waals surface area contributed by atoms with Crippen molar-refractivity contribution in [2.24, 2.45) is 0 Å². The van der Waals surface area contributed by atoms with Gasteiger partial charge >= 0.3 is 5.56 Å². The molecule has 0 aliphatic carbocycles. The Morgan fingerprint density at radius 2 is 2.00 bits per heavy atom. The summed E-state index contributed by atoms with van der Waals surface area (Å²) in [4.78, 5) is 12.4. The lowest BCUT2D eigenvalue weighted by Crippen LogP contribution is -2.20. The summed E-state index contributed by atoms with van der Waals surface area (Å²) in [6.07, 6.45) is 3.34. The second-order valence-electron chi connectivity index (χ2n) is 4.07. The van der Waals surface area contributed by atoms with Gasteiger partial charge in [0.1, 0.15) is 0 Å². The molecule has 8 heteroatoms. The lowest BCUT2D eigenvalue weighted by atomic mass is 10.3. The molecule has 104 valence electrons. The minimum atomic E-state index is -0.281. The monoisotopic (exact) mass is 317 g/mol. The Morgan fingerprint density at radius 3 is 2.71 bits per heavy atom. The minimum absolute atomic E-state index is 0.216. The quantitative estimate of drug-likeness (QED) is 0.692. The fourth-order valence-corrected chi connectivity index (χ4v) is 2.57. The van der Waals surface area contributed by atoms with Crippen LogP contribution < -0.4 is 5.56 Å². The van der Waals surface area contributed by atoms with Crippen LogP contribution in [0.2, 0.25) is 5.02 Å². The van der Waals surface area contributed by atoms with Gasteiger partial charge in [-0.3, -0.25) is 13.8 Å². The summed E-state index contributed by atoms with van der Waals surface area (Å²) in [6.45, 7) is 0. The van der Waals surface area contributed by atoms with Crippen LogP contribution in [0.1, 0.15) is 0 Å². The molecule has 21 heavy (non-hydrogen) atoms. The smallest absolute Gasteiger partial charge is 0.280 e. The third kappa shape index (κ3) is 2.51. The van der Waals surface area contributed by atoms with Gasteiger partial charge < -0.3 is 0 Å². The van der Waals surface area contributed by atoms with Crippen LogP contribution in [0.5, 0.6) is 0 Å². The van der Waals surface area contributed by atoms with Gasteiger partial charge in [-0.15, -0.1) is 10.2 Å². The number of hydrogen-bond donors (Lipinski definition) is 0. The maximum absolute atomic E-state index is 12.4. The van der Waals surface area contributed by atoms with Gasteiger partial charge in [0.15, 0.2) is 5.16 Å². The van der Waals surface area contributed by atoms with E-state index in [1.165, 1.54) is 16.3 Å². The van der Waals surface area contributed by atoms with Crippen LogP contribution in [0.15, 0.2) is 46.6 Å². The number of rotatable bonds is 3. The highest BCUT2D eigenvalue weighted by molar-refractivity contribution is 7.99. The molecule has 3 aromatic rings. The Kier molecular flexibility index (Phi) is 3.64. The summed E-state index contributed by atoms with van der Waals surface area (Å²) in [5.41, 5.74) is 0.630. The predicted molar refractivity (Wildman–Crippen MR) is 79.9 cm³/mol. The number of benzene rings is 1. The van der Waals surface area contributed by atoms with E-state index < -0.39 is 0 Å². The second kappa shape index (κ2) is 5.60. The number of hydrogen-bond acceptors (Lipinski definition) is 5. The molecule has 0 aliphatic rings. The summed E-state index contributed by atoms with van der Waals surface area (Å²) in [5, 5.41) is 17.6. The largest absolute Gasteiger partial charge is 0.300 e. The number of aromatic nitrogens is 4. The third-order valence-electron chi connectivity index (χ3n) is 2.81. The standard InChI is InChI=1S/C13H8ClN5OS/c14-9-1-3-10(4-2-9)18-6-7-19-11(12(18)20)16-17-13(19)21-8-5-15/h1-4,6-7H,8H2. The Balaban J connectivity index is 2.11. The Morgan fingerprint density at radius 1 is 1.24 bits per heavy atom. The Bertz CT molecular complexity index is 894. The summed E-state index contributed by atoms with van der Waals surface area (Å²) in [5.74, 6) is 0.251. The minimum Gasteiger partial charge on any atom is -0.280 e. The maximum Gasteiger partial charge on any atom is 0.300 e. The van der Waals surface area contributed by atoms with Gasteiger partial charge in [0.05, 0.1) is 11.8 Å². The van der Waals surface area contributed by atoms with E-state index in [0.717, 1.165) is 0 Å². The topological polar surface area (TPSA) is 76.0 Å². The van der Waals surface area contributed by atoms with Crippen LogP contribution in [-0.2, 0) is 0 Å². The molecule has 3 rings (SSSR count). The molecule has 0 spiro atoms. The van der Waals surface area contributed by atoms with Crippen molar-refractivity contribution in [2.45, 2.75) is 5.16 Å². The molecule has 1 aromatic carbocycles. The van der Waals surface area contributed by atoms with E-state index in [1.54, 1.807) is 41.1 Å². The highest BCUT2D eigenvalue weighted by Crippen LogP contribution is 2.16. The van der Waals surface area contributed by atoms with Gasteiger partial charge in [-0.05, 0) is 24.3 Å². The van der Waals surface area contributed by atoms with Crippen molar-refractivity contribution in [1.82, 2.24) is 19.2 Å². The van der Waals surface area contributed by atoms with Crippen LogP contribution in [0.4, 0.5) is 0 Å². The zero-order valence-electron chi connectivity index (χ0n) is 10.6. The van der Waals surface area contributed by atoms with E-state index in [0.29, 0.717) is 15.9 Å². The highest BCUT2D eigenvalue weighted by atomic mass is 35.5. The average Bonchev–Trinajstić information content (AvgIpc) is 2.91. The van der Waals surface area contributed by atoms with E-state index in [1.807, 2.05) is 6.07 Å². The normalized spacial score (nSPS) is 10.7. The number of nitrogens with zero attached hydrogens (tertiary/aromatic N) is 5. The van der Waals surface area contributed by atoms with Crippen molar-refractivity contribution >= 4 is 29.0 Å². The molecule has 0 saturated carbocycles. The molecule has 0 N–H and O–H groups in total. The van der Waals surface area contributed by atoms with E-state index in [9.17, 15) is 4.79 Å². The van der Waals surface area contributed by atoms with Gasteiger partial charge in [-0.1, -0.05) is 23.4 Å². The summed E-state index contributed by atoms with van der Waals surface area (Å²) in [6, 6.07) is 8.95. The van der Waals surface area contributed by atoms with Crippen molar-refractivity contribution in [2.75, 3.05) is 5.75 Å². The number of halogens is 1. The molecular weight excluding hydrogens is 310 g/mol. The number of fused-ring (bicyclic) bond motifs is 1. The first kappa shape index (κ1) is 13.7. The lowest BCUT2D eigenvalue weighted by Gasteiger charge is -2.06. The van der Waals surface area contributed by atoms with Crippen LogP contribution in [0.25, 0.3) is 11.3 Å². The number of nitriles is 1. The van der Waals surface area contributed by atoms with Crippen LogP contribution in [0, 0.1) is 11.3 Å². The average molecular weight is 318 g/mol. The van der Waals surface area contributed by atoms with Crippen LogP contribution in [-0.4, -0.2) is 24.9 Å². The summed E-state index contributed by atoms with van der Waals surface area (Å²) < 4.78 is 3.05. The van der Waals surface area contributed by atoms with Crippen LogP contribution in [0.3, 0.4) is 0 Å². The van der Waals surface area contributed by atoms with Gasteiger partial charge in [-0.25, -0.2) is 0 Å². The van der Waals surface area contributed by atoms with Crippen molar-refractivity contribution in [3.63, 3.8) is 0 Å². The molecule has 0 bridgehead atoms. The van der Waals surface area contributed by atoms with Gasteiger partial charge in [0, 0.05) is 23.1 Å². The van der Waals surface area contributed by atoms with Crippen LogP contribution >= 0.6 is 23.4 Å². The molecule has 0 atom stereocenters. The molecule has 0 unspecified atom stereocenters. The van der Waals surface area contributed by atoms with Crippen molar-refractivity contribution in [1.29, 1.82) is 5.26 Å². The zero-order valence-corrected chi connectivity index (χ0v) is 12.2. The van der Waals surface area contributed by atoms with E-state index >= 15 is 0 Å². The van der Waals surface area contributed by atoms with E-state index in [4.69, 9.17) is 16.9 Å². The predicted octanol–water partition coefficient (Wildman–Crippen LogP) is 2.15. The van der Waals surface area contributed by atoms with Gasteiger partial charge in [-0.2, -0.15) is 5.26 Å². The fourth-order valence-electron chi connectivity index (χ4n) is 1.87. The highest BCUT2D eigenvalue weighted by Gasteiger charge is 2.11. The van der Waals surface area contributed by atoms with Gasteiger partial charge in [0.2, 0.25) is 5.65 Å². The first-order chi connectivity index (χ1) is 10.2. The molecule has 0 amide bonds. The maximum atomic E-state index is 12.4. The number of thioether (sulfide) groups is 1. The van der Waals surface area contributed by atoms with Crippen molar-refractivity contribution in [3.8, 4) is 11.8 Å². The fraction of sp³-hybridized carbons (Fsp3) is 0.0769. The molecule has 0 saturated heterocycles. The summed E-state index contributed by atoms with van der Waals surface area (Å²) in [7, 11) is 0. The van der Waals surface area contributed by atoms with Crippen molar-refractivity contribution in [3.05, 3.63) is 52.0 Å². The van der Waals surface area contributed by atoms with E-state index in [2.05, 4.69) is 10.2 Å². The Hall–Kier alpha value is -2.30. The molecule has 2 aromatic heterocycles. The molecule has 2 heterocycles.